The monoisotopic (exact) mass is 284 g/mol. The summed E-state index contributed by atoms with van der Waals surface area (Å²) >= 11 is 1.29. The number of aromatic nitrogens is 1. The third-order valence-electron chi connectivity index (χ3n) is 3.29. The summed E-state index contributed by atoms with van der Waals surface area (Å²) in [5.74, 6) is 0.138. The Kier molecular flexibility index (Phi) is 4.60. The number of hydrogen-bond donors (Lipinski definition) is 2. The zero-order valence-corrected chi connectivity index (χ0v) is 12.1. The highest BCUT2D eigenvalue weighted by Crippen LogP contribution is 2.32. The number of carbonyl (C=O) groups is 1. The van der Waals surface area contributed by atoms with Gasteiger partial charge in [0.05, 0.1) is 6.10 Å². The van der Waals surface area contributed by atoms with Crippen LogP contribution >= 0.6 is 11.5 Å². The molecule has 0 unspecified atom stereocenters. The number of hydrogen-bond acceptors (Lipinski definition) is 6. The lowest BCUT2D eigenvalue weighted by Crippen LogP contribution is -2.37. The van der Waals surface area contributed by atoms with E-state index in [1.807, 2.05) is 6.92 Å². The van der Waals surface area contributed by atoms with E-state index in [2.05, 4.69) is 14.6 Å². The summed E-state index contributed by atoms with van der Waals surface area (Å²) in [6.07, 6.45) is 2.27. The van der Waals surface area contributed by atoms with Crippen LogP contribution in [0.5, 0.6) is 0 Å². The first-order valence-corrected chi connectivity index (χ1v) is 7.28. The smallest absolute Gasteiger partial charge is 0.257 e. The minimum atomic E-state index is -0.173. The summed E-state index contributed by atoms with van der Waals surface area (Å²) < 4.78 is 9.73. The van der Waals surface area contributed by atoms with E-state index in [1.165, 1.54) is 11.5 Å². The van der Waals surface area contributed by atoms with Crippen LogP contribution in [0.3, 0.4) is 0 Å². The molecule has 0 aromatic carbocycles. The molecule has 0 atom stereocenters. The van der Waals surface area contributed by atoms with Gasteiger partial charge in [0, 0.05) is 26.7 Å². The minimum Gasteiger partial charge on any atom is -0.382 e. The van der Waals surface area contributed by atoms with Gasteiger partial charge in [-0.1, -0.05) is 0 Å². The first-order chi connectivity index (χ1) is 9.17. The Morgan fingerprint density at radius 1 is 1.58 bits per heavy atom. The summed E-state index contributed by atoms with van der Waals surface area (Å²) in [5.41, 5.74) is 6.29. The molecule has 6 nitrogen and oxygen atoms in total. The van der Waals surface area contributed by atoms with Gasteiger partial charge < -0.3 is 20.7 Å². The Balaban J connectivity index is 2.09. The fourth-order valence-electron chi connectivity index (χ4n) is 2.31. The van der Waals surface area contributed by atoms with Crippen molar-refractivity contribution in [3.63, 3.8) is 0 Å². The van der Waals surface area contributed by atoms with Gasteiger partial charge in [0.25, 0.3) is 5.91 Å². The second-order valence-electron chi connectivity index (χ2n) is 4.47. The lowest BCUT2D eigenvalue weighted by Gasteiger charge is -2.32. The Morgan fingerprint density at radius 2 is 2.26 bits per heavy atom. The molecule has 1 amide bonds. The van der Waals surface area contributed by atoms with Crippen molar-refractivity contribution in [2.75, 3.05) is 37.4 Å². The average Bonchev–Trinajstić information content (AvgIpc) is 2.81. The van der Waals surface area contributed by atoms with E-state index >= 15 is 0 Å². The van der Waals surface area contributed by atoms with E-state index in [0.29, 0.717) is 17.5 Å². The number of piperidine rings is 1. The summed E-state index contributed by atoms with van der Waals surface area (Å²) in [6, 6.07) is 0. The van der Waals surface area contributed by atoms with E-state index in [0.717, 1.165) is 37.5 Å². The molecule has 0 spiro atoms. The quantitative estimate of drug-likeness (QED) is 0.865. The molecule has 0 radical (unpaired) electrons. The molecular formula is C12H20N4O2S. The van der Waals surface area contributed by atoms with Crippen LogP contribution < -0.4 is 16.0 Å². The van der Waals surface area contributed by atoms with Gasteiger partial charge in [-0.05, 0) is 31.3 Å². The van der Waals surface area contributed by atoms with E-state index in [4.69, 9.17) is 10.5 Å². The van der Waals surface area contributed by atoms with Crippen molar-refractivity contribution in [1.29, 1.82) is 0 Å². The zero-order chi connectivity index (χ0) is 13.8. The normalized spacial score (nSPS) is 16.6. The molecule has 2 rings (SSSR count). The molecule has 2 heterocycles. The summed E-state index contributed by atoms with van der Waals surface area (Å²) in [5, 5.41) is 3.48. The molecule has 3 N–H and O–H groups in total. The van der Waals surface area contributed by atoms with Crippen LogP contribution in [0.15, 0.2) is 0 Å². The van der Waals surface area contributed by atoms with Gasteiger partial charge in [-0.25, -0.2) is 0 Å². The highest BCUT2D eigenvalue weighted by Gasteiger charge is 2.26. The van der Waals surface area contributed by atoms with E-state index in [9.17, 15) is 4.79 Å². The molecule has 7 heteroatoms. The molecular weight excluding hydrogens is 264 g/mol. The molecule has 1 aromatic rings. The van der Waals surface area contributed by atoms with Crippen molar-refractivity contribution >= 4 is 28.3 Å². The topological polar surface area (TPSA) is 80.5 Å². The maximum atomic E-state index is 11.8. The lowest BCUT2D eigenvalue weighted by molar-refractivity contribution is 0.0460. The third kappa shape index (κ3) is 2.98. The molecule has 106 valence electrons. The Bertz CT molecular complexity index is 441. The van der Waals surface area contributed by atoms with Gasteiger partial charge >= 0.3 is 0 Å². The van der Waals surface area contributed by atoms with Crippen LogP contribution in [0.2, 0.25) is 0 Å². The van der Waals surface area contributed by atoms with Crippen molar-refractivity contribution in [2.45, 2.75) is 25.9 Å². The van der Waals surface area contributed by atoms with Gasteiger partial charge in [0.2, 0.25) is 0 Å². The Morgan fingerprint density at radius 3 is 2.84 bits per heavy atom. The first kappa shape index (κ1) is 14.1. The number of ether oxygens (including phenoxy) is 1. The summed E-state index contributed by atoms with van der Waals surface area (Å²) in [7, 11) is 1.60. The molecule has 0 saturated carbocycles. The molecule has 19 heavy (non-hydrogen) atoms. The van der Waals surface area contributed by atoms with Gasteiger partial charge in [-0.15, -0.1) is 0 Å². The van der Waals surface area contributed by atoms with Crippen LogP contribution in [0, 0.1) is 0 Å². The van der Waals surface area contributed by atoms with Crippen molar-refractivity contribution in [1.82, 2.24) is 9.69 Å². The van der Waals surface area contributed by atoms with Crippen LogP contribution in [-0.4, -0.2) is 43.1 Å². The largest absolute Gasteiger partial charge is 0.382 e. The summed E-state index contributed by atoms with van der Waals surface area (Å²) in [6.45, 7) is 4.51. The van der Waals surface area contributed by atoms with Gasteiger partial charge in [0.15, 0.2) is 5.82 Å². The Labute approximate surface area is 117 Å². The number of carbonyl (C=O) groups excluding carboxylic acids is 1. The van der Waals surface area contributed by atoms with Crippen LogP contribution in [-0.2, 0) is 4.74 Å². The van der Waals surface area contributed by atoms with Crippen LogP contribution in [0.4, 0.5) is 10.8 Å². The highest BCUT2D eigenvalue weighted by molar-refractivity contribution is 7.11. The maximum absolute atomic E-state index is 11.8. The van der Waals surface area contributed by atoms with Crippen LogP contribution in [0.25, 0.3) is 0 Å². The fourth-order valence-corrected chi connectivity index (χ4v) is 3.17. The predicted octanol–water partition coefficient (Wildman–Crippen LogP) is 1.09. The molecule has 1 saturated heterocycles. The standard InChI is InChI=1S/C12H20N4O2S/c1-3-18-8-4-6-16(7-5-8)12-9(11(17)14-2)10(13)15-19-12/h8H,3-7H2,1-2H3,(H2,13,15)(H,14,17). The highest BCUT2D eigenvalue weighted by atomic mass is 32.1. The number of nitrogens with two attached hydrogens (primary N) is 1. The molecule has 1 aromatic heterocycles. The zero-order valence-electron chi connectivity index (χ0n) is 11.3. The predicted molar refractivity (Wildman–Crippen MR) is 76.8 cm³/mol. The molecule has 0 bridgehead atoms. The van der Waals surface area contributed by atoms with Gasteiger partial charge in [-0.2, -0.15) is 4.37 Å². The van der Waals surface area contributed by atoms with Gasteiger partial charge in [-0.3, -0.25) is 4.79 Å². The molecule has 1 aliphatic heterocycles. The number of anilines is 2. The minimum absolute atomic E-state index is 0.173. The van der Waals surface area contributed by atoms with Crippen molar-refractivity contribution in [3.05, 3.63) is 5.56 Å². The number of amides is 1. The molecule has 1 fully saturated rings. The van der Waals surface area contributed by atoms with E-state index in [-0.39, 0.29) is 5.91 Å². The second kappa shape index (κ2) is 6.21. The summed E-state index contributed by atoms with van der Waals surface area (Å²) in [4.78, 5) is 14.0. The van der Waals surface area contributed by atoms with Crippen molar-refractivity contribution in [3.8, 4) is 0 Å². The van der Waals surface area contributed by atoms with Gasteiger partial charge in [0.1, 0.15) is 10.6 Å². The second-order valence-corrected chi connectivity index (χ2v) is 5.22. The third-order valence-corrected chi connectivity index (χ3v) is 4.21. The van der Waals surface area contributed by atoms with Crippen molar-refractivity contribution < 1.29 is 9.53 Å². The van der Waals surface area contributed by atoms with E-state index in [1.54, 1.807) is 7.05 Å². The van der Waals surface area contributed by atoms with E-state index < -0.39 is 0 Å². The number of nitrogens with one attached hydrogen (secondary N) is 1. The fraction of sp³-hybridized carbons (Fsp3) is 0.667. The first-order valence-electron chi connectivity index (χ1n) is 6.51. The van der Waals surface area contributed by atoms with Crippen molar-refractivity contribution in [2.24, 2.45) is 0 Å². The Hall–Kier alpha value is -1.34. The number of nitrogen functional groups attached to an aromatic ring is 1. The SMILES string of the molecule is CCOC1CCN(c2snc(N)c2C(=O)NC)CC1. The van der Waals surface area contributed by atoms with Crippen LogP contribution in [0.1, 0.15) is 30.1 Å². The number of rotatable bonds is 4. The average molecular weight is 284 g/mol. The lowest BCUT2D eigenvalue weighted by atomic mass is 10.1. The maximum Gasteiger partial charge on any atom is 0.257 e. The number of nitrogens with zero attached hydrogens (tertiary/aromatic N) is 2. The molecule has 1 aliphatic rings. The molecule has 0 aliphatic carbocycles.